The Bertz CT molecular complexity index is 582. The molecule has 0 radical (unpaired) electrons. The first kappa shape index (κ1) is 16.9. The van der Waals surface area contributed by atoms with Crippen molar-refractivity contribution in [3.63, 3.8) is 0 Å². The molecule has 0 aromatic carbocycles. The van der Waals surface area contributed by atoms with Gasteiger partial charge in [-0.15, -0.1) is 0 Å². The van der Waals surface area contributed by atoms with Crippen LogP contribution >= 0.6 is 0 Å². The fourth-order valence-electron chi connectivity index (χ4n) is 3.08. The van der Waals surface area contributed by atoms with E-state index in [1.165, 1.54) is 0 Å². The van der Waals surface area contributed by atoms with Gasteiger partial charge < -0.3 is 19.5 Å². The van der Waals surface area contributed by atoms with Gasteiger partial charge in [0.15, 0.2) is 0 Å². The van der Waals surface area contributed by atoms with Gasteiger partial charge in [0, 0.05) is 38.8 Å². The zero-order chi connectivity index (χ0) is 16.9. The van der Waals surface area contributed by atoms with Crippen LogP contribution in [-0.4, -0.2) is 78.8 Å². The zero-order valence-electron chi connectivity index (χ0n) is 14.0. The van der Waals surface area contributed by atoms with E-state index < -0.39 is 6.04 Å². The number of piperidine rings is 1. The molecule has 24 heavy (non-hydrogen) atoms. The summed E-state index contributed by atoms with van der Waals surface area (Å²) in [4.78, 5) is 28.9. The van der Waals surface area contributed by atoms with E-state index in [4.69, 9.17) is 9.26 Å². The van der Waals surface area contributed by atoms with E-state index >= 15 is 0 Å². The number of amides is 2. The van der Waals surface area contributed by atoms with Crippen LogP contribution in [0.25, 0.3) is 0 Å². The highest BCUT2D eigenvalue weighted by atomic mass is 16.5. The van der Waals surface area contributed by atoms with Crippen LogP contribution in [-0.2, 0) is 9.53 Å². The molecule has 8 heteroatoms. The van der Waals surface area contributed by atoms with Gasteiger partial charge in [-0.05, 0) is 19.8 Å². The fraction of sp³-hybridized carbons (Fsp3) is 0.688. The Balaban J connectivity index is 1.51. The van der Waals surface area contributed by atoms with Gasteiger partial charge in [0.05, 0.1) is 18.9 Å². The van der Waals surface area contributed by atoms with Gasteiger partial charge >= 0.3 is 0 Å². The molecular weight excluding hydrogens is 312 g/mol. The third-order valence-electron chi connectivity index (χ3n) is 4.48. The monoisotopic (exact) mass is 336 g/mol. The molecule has 8 nitrogen and oxygen atoms in total. The van der Waals surface area contributed by atoms with Crippen molar-refractivity contribution < 1.29 is 18.8 Å². The first-order valence-corrected chi connectivity index (χ1v) is 8.46. The molecule has 3 heterocycles. The Hall–Kier alpha value is -1.93. The molecule has 0 spiro atoms. The van der Waals surface area contributed by atoms with Crippen LogP contribution in [0.5, 0.6) is 0 Å². The average molecular weight is 336 g/mol. The summed E-state index contributed by atoms with van der Waals surface area (Å²) in [6.45, 7) is 7.35. The lowest BCUT2D eigenvalue weighted by molar-refractivity contribution is -0.136. The van der Waals surface area contributed by atoms with E-state index in [1.807, 2.05) is 4.90 Å². The molecular formula is C16H24N4O4. The summed E-state index contributed by atoms with van der Waals surface area (Å²) in [5.41, 5.74) is 0.641. The predicted octanol–water partition coefficient (Wildman–Crippen LogP) is 0.0360. The van der Waals surface area contributed by atoms with Gasteiger partial charge in [-0.25, -0.2) is 0 Å². The van der Waals surface area contributed by atoms with Crippen molar-refractivity contribution in [1.82, 2.24) is 20.3 Å². The number of nitrogens with one attached hydrogen (secondary N) is 1. The second kappa shape index (κ2) is 7.76. The van der Waals surface area contributed by atoms with Gasteiger partial charge in [0.2, 0.25) is 11.7 Å². The third kappa shape index (κ3) is 4.12. The van der Waals surface area contributed by atoms with Crippen LogP contribution in [0.4, 0.5) is 0 Å². The normalized spacial score (nSPS) is 22.6. The van der Waals surface area contributed by atoms with Crippen molar-refractivity contribution >= 4 is 11.8 Å². The van der Waals surface area contributed by atoms with Crippen molar-refractivity contribution in [2.75, 3.05) is 45.9 Å². The number of rotatable bonds is 5. The standard InChI is InChI=1S/C16H24N4O4/c1-12-11-14(24-18-12)15(21)17-13-3-2-4-20(16(13)22)6-5-19-7-9-23-10-8-19/h11,13H,2-10H2,1H3,(H,17,21)/t13-/m1/s1. The molecule has 132 valence electrons. The van der Waals surface area contributed by atoms with E-state index in [1.54, 1.807) is 13.0 Å². The maximum absolute atomic E-state index is 12.6. The fourth-order valence-corrected chi connectivity index (χ4v) is 3.08. The minimum atomic E-state index is -0.485. The van der Waals surface area contributed by atoms with Crippen LogP contribution in [0.1, 0.15) is 29.1 Å². The van der Waals surface area contributed by atoms with Crippen LogP contribution < -0.4 is 5.32 Å². The minimum Gasteiger partial charge on any atom is -0.379 e. The molecule has 0 unspecified atom stereocenters. The third-order valence-corrected chi connectivity index (χ3v) is 4.48. The number of likely N-dealkylation sites (tertiary alicyclic amines) is 1. The lowest BCUT2D eigenvalue weighted by atomic mass is 10.0. The topological polar surface area (TPSA) is 87.9 Å². The van der Waals surface area contributed by atoms with Crippen LogP contribution in [0.3, 0.4) is 0 Å². The number of hydrogen-bond donors (Lipinski definition) is 1. The van der Waals surface area contributed by atoms with Crippen molar-refractivity contribution in [3.05, 3.63) is 17.5 Å². The Morgan fingerprint density at radius 1 is 1.33 bits per heavy atom. The Labute approximate surface area is 141 Å². The molecule has 1 atom stereocenters. The maximum atomic E-state index is 12.6. The number of nitrogens with zero attached hydrogens (tertiary/aromatic N) is 3. The quantitative estimate of drug-likeness (QED) is 0.817. The first-order chi connectivity index (χ1) is 11.6. The highest BCUT2D eigenvalue weighted by molar-refractivity contribution is 5.95. The Morgan fingerprint density at radius 2 is 2.12 bits per heavy atom. The molecule has 2 amide bonds. The lowest BCUT2D eigenvalue weighted by Crippen LogP contribution is -2.54. The van der Waals surface area contributed by atoms with E-state index in [0.717, 1.165) is 45.8 Å². The Kier molecular flexibility index (Phi) is 5.47. The van der Waals surface area contributed by atoms with Gasteiger partial charge in [0.25, 0.3) is 5.91 Å². The maximum Gasteiger partial charge on any atom is 0.290 e. The second-order valence-corrected chi connectivity index (χ2v) is 6.28. The second-order valence-electron chi connectivity index (χ2n) is 6.28. The number of carbonyl (C=O) groups excluding carboxylic acids is 2. The summed E-state index contributed by atoms with van der Waals surface area (Å²) in [5, 5.41) is 6.47. The number of aromatic nitrogens is 1. The van der Waals surface area contributed by atoms with Crippen LogP contribution in [0, 0.1) is 6.92 Å². The molecule has 2 fully saturated rings. The van der Waals surface area contributed by atoms with Crippen molar-refractivity contribution in [3.8, 4) is 0 Å². The van der Waals surface area contributed by atoms with Crippen molar-refractivity contribution in [1.29, 1.82) is 0 Å². The summed E-state index contributed by atoms with van der Waals surface area (Å²) in [6, 6.07) is 1.08. The summed E-state index contributed by atoms with van der Waals surface area (Å²) in [6.07, 6.45) is 1.54. The molecule has 2 saturated heterocycles. The number of hydrogen-bond acceptors (Lipinski definition) is 6. The first-order valence-electron chi connectivity index (χ1n) is 8.46. The molecule has 1 N–H and O–H groups in total. The van der Waals surface area contributed by atoms with Crippen LogP contribution in [0.15, 0.2) is 10.6 Å². The molecule has 1 aromatic heterocycles. The minimum absolute atomic E-state index is 0.0147. The summed E-state index contributed by atoms with van der Waals surface area (Å²) < 4.78 is 10.3. The Morgan fingerprint density at radius 3 is 2.83 bits per heavy atom. The van der Waals surface area contributed by atoms with E-state index in [0.29, 0.717) is 18.7 Å². The number of ether oxygens (including phenoxy) is 1. The molecule has 0 saturated carbocycles. The highest BCUT2D eigenvalue weighted by Crippen LogP contribution is 2.13. The van der Waals surface area contributed by atoms with Crippen molar-refractivity contribution in [2.24, 2.45) is 0 Å². The smallest absolute Gasteiger partial charge is 0.290 e. The molecule has 1 aromatic rings. The predicted molar refractivity (Wildman–Crippen MR) is 85.6 cm³/mol. The lowest BCUT2D eigenvalue weighted by Gasteiger charge is -2.35. The summed E-state index contributed by atoms with van der Waals surface area (Å²) in [7, 11) is 0. The van der Waals surface area contributed by atoms with Crippen molar-refractivity contribution in [2.45, 2.75) is 25.8 Å². The molecule has 2 aliphatic rings. The molecule has 2 aliphatic heterocycles. The van der Waals surface area contributed by atoms with Gasteiger partial charge in [0.1, 0.15) is 6.04 Å². The SMILES string of the molecule is Cc1cc(C(=O)N[C@@H]2CCCN(CCN3CCOCC3)C2=O)on1. The summed E-state index contributed by atoms with van der Waals surface area (Å²) in [5.74, 6) is -0.256. The molecule has 0 aliphatic carbocycles. The zero-order valence-corrected chi connectivity index (χ0v) is 14.0. The average Bonchev–Trinajstić information content (AvgIpc) is 3.03. The van der Waals surface area contributed by atoms with Gasteiger partial charge in [-0.3, -0.25) is 14.5 Å². The number of aryl methyl sites for hydroxylation is 1. The number of morpholine rings is 1. The molecule has 3 rings (SSSR count). The van der Waals surface area contributed by atoms with Gasteiger partial charge in [-0.1, -0.05) is 5.16 Å². The summed E-state index contributed by atoms with van der Waals surface area (Å²) >= 11 is 0. The van der Waals surface area contributed by atoms with E-state index in [2.05, 4.69) is 15.4 Å². The number of carbonyl (C=O) groups is 2. The van der Waals surface area contributed by atoms with Crippen LogP contribution in [0.2, 0.25) is 0 Å². The molecule has 0 bridgehead atoms. The van der Waals surface area contributed by atoms with E-state index in [-0.39, 0.29) is 17.6 Å². The van der Waals surface area contributed by atoms with E-state index in [9.17, 15) is 9.59 Å². The largest absolute Gasteiger partial charge is 0.379 e. The highest BCUT2D eigenvalue weighted by Gasteiger charge is 2.31. The van der Waals surface area contributed by atoms with Gasteiger partial charge in [-0.2, -0.15) is 0 Å².